The molecule has 5 heteroatoms. The number of likely N-dealkylation sites (N-methyl/N-ethyl adjacent to an activating group) is 1. The fourth-order valence-corrected chi connectivity index (χ4v) is 3.52. The number of nitrogens with zero attached hydrogens (tertiary/aromatic N) is 1. The zero-order valence-electron chi connectivity index (χ0n) is 19.9. The summed E-state index contributed by atoms with van der Waals surface area (Å²) in [4.78, 5) is 2.36. The highest BCUT2D eigenvalue weighted by molar-refractivity contribution is 5.77. The molecule has 1 aromatic rings. The fraction of sp³-hybridized carbons (Fsp3) is 0.481. The van der Waals surface area contributed by atoms with Crippen molar-refractivity contribution in [3.63, 3.8) is 0 Å². The van der Waals surface area contributed by atoms with Gasteiger partial charge in [-0.05, 0) is 37.2 Å². The number of rotatable bonds is 15. The topological polar surface area (TPSA) is 33.7 Å². The van der Waals surface area contributed by atoms with E-state index in [9.17, 15) is 4.39 Å². The summed E-state index contributed by atoms with van der Waals surface area (Å²) < 4.78 is 25.0. The molecule has 1 aliphatic heterocycles. The molecule has 0 aromatic heterocycles. The van der Waals surface area contributed by atoms with E-state index in [2.05, 4.69) is 55.8 Å². The van der Waals surface area contributed by atoms with Crippen LogP contribution in [0, 0.1) is 0 Å². The van der Waals surface area contributed by atoms with Gasteiger partial charge in [-0.3, -0.25) is 0 Å². The lowest BCUT2D eigenvalue weighted by atomic mass is 9.98. The first-order valence-electron chi connectivity index (χ1n) is 11.8. The maximum atomic E-state index is 13.5. The van der Waals surface area contributed by atoms with Crippen LogP contribution in [0.5, 0.6) is 5.75 Å². The van der Waals surface area contributed by atoms with Gasteiger partial charge in [0.15, 0.2) is 6.10 Å². The number of ether oxygens (including phenoxy) is 2. The van der Waals surface area contributed by atoms with Gasteiger partial charge in [0.1, 0.15) is 12.4 Å². The third-order valence-electron chi connectivity index (χ3n) is 5.48. The molecule has 0 bridgehead atoms. The minimum Gasteiger partial charge on any atom is -0.485 e. The second-order valence-electron chi connectivity index (χ2n) is 7.81. The third-order valence-corrected chi connectivity index (χ3v) is 5.48. The second-order valence-corrected chi connectivity index (χ2v) is 7.81. The Balaban J connectivity index is 2.09. The Labute approximate surface area is 193 Å². The quantitative estimate of drug-likeness (QED) is 0.265. The van der Waals surface area contributed by atoms with Crippen molar-refractivity contribution in [3.8, 4) is 5.75 Å². The van der Waals surface area contributed by atoms with E-state index in [4.69, 9.17) is 9.47 Å². The van der Waals surface area contributed by atoms with Crippen LogP contribution in [0.3, 0.4) is 0 Å². The van der Waals surface area contributed by atoms with Gasteiger partial charge in [0.2, 0.25) is 0 Å². The lowest BCUT2D eigenvalue weighted by Gasteiger charge is -2.26. The Morgan fingerprint density at radius 1 is 1.28 bits per heavy atom. The number of hydrogen-bond acceptors (Lipinski definition) is 4. The predicted molar refractivity (Wildman–Crippen MR) is 134 cm³/mol. The first-order chi connectivity index (χ1) is 15.7. The van der Waals surface area contributed by atoms with Crippen LogP contribution in [0.4, 0.5) is 10.1 Å². The smallest absolute Gasteiger partial charge is 0.150 e. The summed E-state index contributed by atoms with van der Waals surface area (Å²) in [7, 11) is 0. The van der Waals surface area contributed by atoms with Crippen molar-refractivity contribution in [2.24, 2.45) is 0 Å². The lowest BCUT2D eigenvalue weighted by molar-refractivity contribution is 0.0366. The molecular weight excluding hydrogens is 403 g/mol. The van der Waals surface area contributed by atoms with Gasteiger partial charge in [-0.1, -0.05) is 76.3 Å². The summed E-state index contributed by atoms with van der Waals surface area (Å²) in [6, 6.07) is 5.85. The Bertz CT molecular complexity index is 784. The van der Waals surface area contributed by atoms with E-state index in [1.54, 1.807) is 0 Å². The number of halogens is 1. The van der Waals surface area contributed by atoms with Crippen molar-refractivity contribution < 1.29 is 13.9 Å². The summed E-state index contributed by atoms with van der Waals surface area (Å²) >= 11 is 0. The van der Waals surface area contributed by atoms with E-state index in [-0.39, 0.29) is 12.6 Å². The molecule has 1 unspecified atom stereocenters. The number of unbranched alkanes of at least 4 members (excludes halogenated alkanes) is 1. The summed E-state index contributed by atoms with van der Waals surface area (Å²) in [5, 5.41) is 3.57. The average molecular weight is 443 g/mol. The van der Waals surface area contributed by atoms with E-state index < -0.39 is 12.8 Å². The number of alkyl halides is 1. The van der Waals surface area contributed by atoms with E-state index in [0.29, 0.717) is 12.4 Å². The number of anilines is 1. The molecule has 0 amide bonds. The number of nitrogens with one attached hydrogen (secondary N) is 1. The molecular formula is C27H39FN2O2. The van der Waals surface area contributed by atoms with Gasteiger partial charge in [0, 0.05) is 24.4 Å². The first kappa shape index (κ1) is 25.9. The van der Waals surface area contributed by atoms with Crippen molar-refractivity contribution in [2.75, 3.05) is 44.8 Å². The third kappa shape index (κ3) is 7.95. The molecule has 2 atom stereocenters. The van der Waals surface area contributed by atoms with Crippen LogP contribution in [0.25, 0.3) is 6.08 Å². The highest BCUT2D eigenvalue weighted by Gasteiger charge is 2.20. The van der Waals surface area contributed by atoms with Crippen molar-refractivity contribution >= 4 is 11.8 Å². The molecule has 4 nitrogen and oxygen atoms in total. The SMILES string of the molecule is C=C/C=C(\C=C/CN(CC)CC)[C@@H]1C=Cc2c(cccc2OC(CF)COCCCC)N1. The summed E-state index contributed by atoms with van der Waals surface area (Å²) in [5.41, 5.74) is 3.03. The summed E-state index contributed by atoms with van der Waals surface area (Å²) in [6.07, 6.45) is 13.8. The lowest BCUT2D eigenvalue weighted by Crippen LogP contribution is -2.27. The van der Waals surface area contributed by atoms with Gasteiger partial charge in [-0.2, -0.15) is 0 Å². The molecule has 176 valence electrons. The van der Waals surface area contributed by atoms with Gasteiger partial charge in [0.05, 0.1) is 12.6 Å². The van der Waals surface area contributed by atoms with Crippen molar-refractivity contribution in [1.82, 2.24) is 4.90 Å². The zero-order chi connectivity index (χ0) is 23.2. The van der Waals surface area contributed by atoms with E-state index in [0.717, 1.165) is 49.3 Å². The molecule has 32 heavy (non-hydrogen) atoms. The van der Waals surface area contributed by atoms with Crippen molar-refractivity contribution in [2.45, 2.75) is 45.8 Å². The van der Waals surface area contributed by atoms with Crippen LogP contribution in [0.1, 0.15) is 39.2 Å². The molecule has 2 rings (SSSR count). The standard InChI is InChI=1S/C27H39FN2O2/c1-5-9-19-31-21-23(20-28)32-27-15-10-14-26-24(27)16-17-25(29-26)22(12-6-2)13-11-18-30(7-3)8-4/h6,10-17,23,25,29H,2,5,7-9,18-21H2,1,3-4H3/b13-11-,22-12+/t23?,25-/m0/s1. The van der Waals surface area contributed by atoms with Crippen molar-refractivity contribution in [1.29, 1.82) is 0 Å². The predicted octanol–water partition coefficient (Wildman–Crippen LogP) is 6.04. The highest BCUT2D eigenvalue weighted by atomic mass is 19.1. The van der Waals surface area contributed by atoms with Gasteiger partial charge in [-0.15, -0.1) is 0 Å². The molecule has 0 saturated carbocycles. The molecule has 1 aromatic carbocycles. The van der Waals surface area contributed by atoms with E-state index >= 15 is 0 Å². The molecule has 1 N–H and O–H groups in total. The molecule has 1 aliphatic rings. The van der Waals surface area contributed by atoms with Crippen LogP contribution in [-0.4, -0.2) is 56.6 Å². The highest BCUT2D eigenvalue weighted by Crippen LogP contribution is 2.33. The van der Waals surface area contributed by atoms with Crippen LogP contribution >= 0.6 is 0 Å². The first-order valence-corrected chi connectivity index (χ1v) is 11.8. The normalized spacial score (nSPS) is 16.8. The maximum absolute atomic E-state index is 13.5. The minimum absolute atomic E-state index is 0.0260. The molecule has 0 radical (unpaired) electrons. The fourth-order valence-electron chi connectivity index (χ4n) is 3.52. The molecule has 1 heterocycles. The van der Waals surface area contributed by atoms with Crippen LogP contribution in [-0.2, 0) is 4.74 Å². The van der Waals surface area contributed by atoms with Crippen LogP contribution < -0.4 is 10.1 Å². The Hall–Kier alpha value is -2.37. The average Bonchev–Trinajstić information content (AvgIpc) is 2.82. The van der Waals surface area contributed by atoms with Crippen LogP contribution in [0.2, 0.25) is 0 Å². The molecule has 0 spiro atoms. The zero-order valence-corrected chi connectivity index (χ0v) is 19.9. The van der Waals surface area contributed by atoms with Gasteiger partial charge in [0.25, 0.3) is 0 Å². The molecule has 0 aliphatic carbocycles. The summed E-state index contributed by atoms with van der Waals surface area (Å²) in [5.74, 6) is 0.665. The van der Waals surface area contributed by atoms with Crippen molar-refractivity contribution in [3.05, 3.63) is 66.3 Å². The minimum atomic E-state index is -0.608. The number of hydrogen-bond donors (Lipinski definition) is 1. The van der Waals surface area contributed by atoms with Gasteiger partial charge in [-0.25, -0.2) is 4.39 Å². The molecule has 0 saturated heterocycles. The largest absolute Gasteiger partial charge is 0.485 e. The second kappa shape index (κ2) is 14.6. The van der Waals surface area contributed by atoms with Crippen LogP contribution in [0.15, 0.2) is 60.7 Å². The number of allylic oxidation sites excluding steroid dienone is 2. The number of benzene rings is 1. The number of fused-ring (bicyclic) bond motifs is 1. The summed E-state index contributed by atoms with van der Waals surface area (Å²) in [6.45, 7) is 13.6. The van der Waals surface area contributed by atoms with Gasteiger partial charge >= 0.3 is 0 Å². The van der Waals surface area contributed by atoms with E-state index in [1.165, 1.54) is 0 Å². The van der Waals surface area contributed by atoms with Gasteiger partial charge < -0.3 is 19.7 Å². The Kier molecular flexibility index (Phi) is 11.8. The molecule has 0 fully saturated rings. The Morgan fingerprint density at radius 3 is 2.78 bits per heavy atom. The maximum Gasteiger partial charge on any atom is 0.150 e. The monoisotopic (exact) mass is 442 g/mol. The van der Waals surface area contributed by atoms with E-state index in [1.807, 2.05) is 36.4 Å². The Morgan fingerprint density at radius 2 is 2.09 bits per heavy atom.